The van der Waals surface area contributed by atoms with Gasteiger partial charge in [0, 0.05) is 18.3 Å². The third kappa shape index (κ3) is 3.03. The van der Waals surface area contributed by atoms with Gasteiger partial charge in [-0.2, -0.15) is 0 Å². The molecule has 0 N–H and O–H groups in total. The number of hydrogen-bond acceptors (Lipinski definition) is 4. The van der Waals surface area contributed by atoms with E-state index in [1.165, 1.54) is 4.57 Å². The minimum atomic E-state index is -0.533. The van der Waals surface area contributed by atoms with Crippen molar-refractivity contribution < 1.29 is 14.3 Å². The summed E-state index contributed by atoms with van der Waals surface area (Å²) in [6.07, 6.45) is 3.27. The predicted molar refractivity (Wildman–Crippen MR) is 105 cm³/mol. The monoisotopic (exact) mass is 370 g/mol. The standard InChI is InChI=1S/C21H26N2O4/c1-6-14-13(5)19(24)23-16(14)10-17-18(20(23)25)15(21(26)27-7-2)11-22(17)9-8-12(3)4/h10-12H,6-9H2,1-5H3. The lowest BCUT2D eigenvalue weighted by Gasteiger charge is -2.10. The van der Waals surface area contributed by atoms with Crippen molar-refractivity contribution in [1.29, 1.82) is 0 Å². The zero-order chi connectivity index (χ0) is 19.9. The summed E-state index contributed by atoms with van der Waals surface area (Å²) < 4.78 is 8.28. The second kappa shape index (κ2) is 7.18. The van der Waals surface area contributed by atoms with Crippen LogP contribution >= 0.6 is 0 Å². The molecule has 0 saturated heterocycles. The highest BCUT2D eigenvalue weighted by atomic mass is 16.5. The lowest BCUT2D eigenvalue weighted by molar-refractivity contribution is 0.0528. The minimum absolute atomic E-state index is 0.226. The molecule has 0 aliphatic carbocycles. The molecule has 6 heteroatoms. The van der Waals surface area contributed by atoms with Crippen molar-refractivity contribution in [2.45, 2.75) is 54.0 Å². The Hall–Kier alpha value is -2.63. The van der Waals surface area contributed by atoms with Crippen LogP contribution in [0.2, 0.25) is 0 Å². The number of aromatic nitrogens is 2. The van der Waals surface area contributed by atoms with E-state index in [0.29, 0.717) is 35.7 Å². The van der Waals surface area contributed by atoms with Crippen LogP contribution in [-0.4, -0.2) is 27.6 Å². The van der Waals surface area contributed by atoms with Gasteiger partial charge in [0.15, 0.2) is 0 Å². The Balaban J connectivity index is 2.31. The molecule has 1 aliphatic rings. The number of nitrogens with zero attached hydrogens (tertiary/aromatic N) is 2. The maximum Gasteiger partial charge on any atom is 0.340 e. The van der Waals surface area contributed by atoms with Gasteiger partial charge < -0.3 is 9.30 Å². The number of pyridine rings is 1. The fourth-order valence-corrected chi connectivity index (χ4v) is 3.67. The molecular weight excluding hydrogens is 344 g/mol. The summed E-state index contributed by atoms with van der Waals surface area (Å²) in [7, 11) is 0. The molecule has 1 aliphatic heterocycles. The van der Waals surface area contributed by atoms with Crippen LogP contribution in [0.25, 0.3) is 16.5 Å². The summed E-state index contributed by atoms with van der Waals surface area (Å²) in [5.41, 5.74) is 2.58. The Morgan fingerprint density at radius 3 is 2.52 bits per heavy atom. The molecule has 0 amide bonds. The van der Waals surface area contributed by atoms with Crippen LogP contribution in [0.4, 0.5) is 0 Å². The van der Waals surface area contributed by atoms with Gasteiger partial charge in [-0.05, 0) is 44.2 Å². The number of rotatable bonds is 6. The Morgan fingerprint density at radius 1 is 1.22 bits per heavy atom. The van der Waals surface area contributed by atoms with E-state index in [1.54, 1.807) is 20.0 Å². The number of hydrogen-bond donors (Lipinski definition) is 0. The molecule has 0 fully saturated rings. The predicted octanol–water partition coefficient (Wildman–Crippen LogP) is 3.86. The number of allylic oxidation sites excluding steroid dienone is 2. The Morgan fingerprint density at radius 2 is 1.93 bits per heavy atom. The van der Waals surface area contributed by atoms with Crippen LogP contribution in [-0.2, 0) is 11.3 Å². The van der Waals surface area contributed by atoms with Gasteiger partial charge in [0.2, 0.25) is 0 Å². The number of ether oxygens (including phenoxy) is 1. The van der Waals surface area contributed by atoms with Crippen molar-refractivity contribution >= 4 is 28.4 Å². The molecule has 0 spiro atoms. The lowest BCUT2D eigenvalue weighted by atomic mass is 10.1. The summed E-state index contributed by atoms with van der Waals surface area (Å²) in [5, 5.41) is 0.263. The van der Waals surface area contributed by atoms with E-state index in [4.69, 9.17) is 4.74 Å². The molecule has 0 atom stereocenters. The Labute approximate surface area is 158 Å². The Bertz CT molecular complexity index is 1020. The maximum absolute atomic E-state index is 13.2. The smallest absolute Gasteiger partial charge is 0.340 e. The summed E-state index contributed by atoms with van der Waals surface area (Å²) in [5.74, 6) is -0.355. The molecule has 27 heavy (non-hydrogen) atoms. The van der Waals surface area contributed by atoms with Crippen LogP contribution in [0.3, 0.4) is 0 Å². The van der Waals surface area contributed by atoms with E-state index in [1.807, 2.05) is 17.6 Å². The van der Waals surface area contributed by atoms with Crippen molar-refractivity contribution in [1.82, 2.24) is 9.13 Å². The molecule has 3 heterocycles. The summed E-state index contributed by atoms with van der Waals surface area (Å²) >= 11 is 0. The van der Waals surface area contributed by atoms with Crippen LogP contribution in [0, 0.1) is 5.92 Å². The molecule has 0 aromatic carbocycles. The molecule has 0 unspecified atom stereocenters. The average molecular weight is 370 g/mol. The fraction of sp³-hybridized carbons (Fsp3) is 0.476. The fourth-order valence-electron chi connectivity index (χ4n) is 3.67. The highest BCUT2D eigenvalue weighted by molar-refractivity contribution is 6.11. The molecular formula is C21H26N2O4. The Kier molecular flexibility index (Phi) is 5.09. The first-order valence-electron chi connectivity index (χ1n) is 9.52. The second-order valence-corrected chi connectivity index (χ2v) is 7.33. The van der Waals surface area contributed by atoms with E-state index in [-0.39, 0.29) is 23.5 Å². The number of esters is 1. The van der Waals surface area contributed by atoms with Gasteiger partial charge in [-0.25, -0.2) is 9.36 Å². The lowest BCUT2D eigenvalue weighted by Crippen LogP contribution is -2.26. The molecule has 2 aromatic heterocycles. The van der Waals surface area contributed by atoms with Crippen LogP contribution in [0.5, 0.6) is 0 Å². The summed E-state index contributed by atoms with van der Waals surface area (Å²) in [6, 6.07) is 1.87. The number of carbonyl (C=O) groups is 2. The van der Waals surface area contributed by atoms with E-state index in [0.717, 1.165) is 12.0 Å². The van der Waals surface area contributed by atoms with Gasteiger partial charge in [0.05, 0.1) is 28.8 Å². The SMILES string of the molecule is CCOC(=O)c1cn(CCC(C)C)c2cc3n(c(=O)c12)C(=O)C(C)=C3CC. The zero-order valence-corrected chi connectivity index (χ0v) is 16.6. The molecule has 144 valence electrons. The van der Waals surface area contributed by atoms with E-state index >= 15 is 0 Å². The number of fused-ring (bicyclic) bond motifs is 2. The third-order valence-electron chi connectivity index (χ3n) is 5.13. The summed E-state index contributed by atoms with van der Waals surface area (Å²) in [6.45, 7) is 10.6. The van der Waals surface area contributed by atoms with Crippen LogP contribution in [0.1, 0.15) is 68.3 Å². The van der Waals surface area contributed by atoms with Crippen molar-refractivity contribution in [2.24, 2.45) is 5.92 Å². The molecule has 6 nitrogen and oxygen atoms in total. The first-order chi connectivity index (χ1) is 12.8. The average Bonchev–Trinajstić information content (AvgIpc) is 3.10. The van der Waals surface area contributed by atoms with Crippen molar-refractivity contribution in [3.8, 4) is 0 Å². The zero-order valence-electron chi connectivity index (χ0n) is 16.6. The van der Waals surface area contributed by atoms with Gasteiger partial charge >= 0.3 is 5.97 Å². The number of aryl methyl sites for hydroxylation is 1. The quantitative estimate of drug-likeness (QED) is 0.724. The van der Waals surface area contributed by atoms with E-state index in [9.17, 15) is 14.4 Å². The molecule has 3 rings (SSSR count). The normalized spacial score (nSPS) is 13.8. The van der Waals surface area contributed by atoms with Crippen molar-refractivity contribution in [3.63, 3.8) is 0 Å². The van der Waals surface area contributed by atoms with Crippen LogP contribution in [0.15, 0.2) is 22.6 Å². The van der Waals surface area contributed by atoms with Gasteiger partial charge in [0.1, 0.15) is 0 Å². The van der Waals surface area contributed by atoms with Gasteiger partial charge in [-0.1, -0.05) is 20.8 Å². The molecule has 0 saturated carbocycles. The van der Waals surface area contributed by atoms with Gasteiger partial charge in [-0.15, -0.1) is 0 Å². The first kappa shape index (κ1) is 19.1. The number of carbonyl (C=O) groups excluding carboxylic acids is 2. The topological polar surface area (TPSA) is 70.3 Å². The molecule has 0 radical (unpaired) electrons. The maximum atomic E-state index is 13.2. The summed E-state index contributed by atoms with van der Waals surface area (Å²) in [4.78, 5) is 38.3. The van der Waals surface area contributed by atoms with Gasteiger partial charge in [-0.3, -0.25) is 9.59 Å². The van der Waals surface area contributed by atoms with Crippen molar-refractivity contribution in [3.05, 3.63) is 39.4 Å². The molecule has 0 bridgehead atoms. The van der Waals surface area contributed by atoms with E-state index < -0.39 is 11.5 Å². The van der Waals surface area contributed by atoms with Gasteiger partial charge in [0.25, 0.3) is 11.5 Å². The second-order valence-electron chi connectivity index (χ2n) is 7.33. The molecule has 2 aromatic rings. The van der Waals surface area contributed by atoms with Crippen molar-refractivity contribution in [2.75, 3.05) is 6.61 Å². The third-order valence-corrected chi connectivity index (χ3v) is 5.13. The van der Waals surface area contributed by atoms with Crippen LogP contribution < -0.4 is 5.56 Å². The van der Waals surface area contributed by atoms with E-state index in [2.05, 4.69) is 13.8 Å². The first-order valence-corrected chi connectivity index (χ1v) is 9.52. The highest BCUT2D eigenvalue weighted by Crippen LogP contribution is 2.32. The largest absolute Gasteiger partial charge is 0.462 e. The minimum Gasteiger partial charge on any atom is -0.462 e. The highest BCUT2D eigenvalue weighted by Gasteiger charge is 2.30.